The number of amides is 3. The summed E-state index contributed by atoms with van der Waals surface area (Å²) in [4.78, 5) is 84.7. The zero-order valence-corrected chi connectivity index (χ0v) is 52.1. The monoisotopic (exact) mass is 1160 g/mol. The Morgan fingerprint density at radius 3 is 1.29 bits per heavy atom. The normalized spacial score (nSPS) is 10.7. The van der Waals surface area contributed by atoms with Gasteiger partial charge in [-0.3, -0.25) is 14.4 Å². The third-order valence-corrected chi connectivity index (χ3v) is 8.21. The van der Waals surface area contributed by atoms with E-state index in [0.717, 1.165) is 50.9 Å². The Bertz CT molecular complexity index is 1160. The van der Waals surface area contributed by atoms with Gasteiger partial charge in [0.2, 0.25) is 11.8 Å². The molecule has 0 heterocycles. The van der Waals surface area contributed by atoms with Crippen LogP contribution in [0.2, 0.25) is 0 Å². The molecule has 0 saturated heterocycles. The number of nitrogens with one attached hydrogen (secondary N) is 4. The summed E-state index contributed by atoms with van der Waals surface area (Å²) in [7, 11) is 1.85. The SMILES string of the molecule is C=C.C=C(C(C)CC=O)N(C)CCC(=O)NCCOOOCCOCCOCCC.CCCOCCOCCOOOCCNCCOOOCCC.[CH2-]CC(=O)NCCC(=O)NCCOOCCOCCC.[CH3-].[Rb+]. The Kier molecular flexibility index (Phi) is 86.7. The van der Waals surface area contributed by atoms with Gasteiger partial charge in [-0.2, -0.15) is 0 Å². The summed E-state index contributed by atoms with van der Waals surface area (Å²) in [6.07, 6.45) is 5.88. The number of rotatable bonds is 53. The van der Waals surface area contributed by atoms with E-state index in [9.17, 15) is 19.2 Å². The van der Waals surface area contributed by atoms with Gasteiger partial charge < -0.3 is 69.0 Å². The number of aldehydes is 1. The molecule has 0 aromatic carbocycles. The summed E-state index contributed by atoms with van der Waals surface area (Å²) < 4.78 is 26.2. The van der Waals surface area contributed by atoms with Gasteiger partial charge in [0, 0.05) is 97.0 Å². The minimum atomic E-state index is -0.167. The van der Waals surface area contributed by atoms with Crippen molar-refractivity contribution in [3.63, 3.8) is 0 Å². The number of nitrogens with zero attached hydrogens (tertiary/aromatic N) is 1. The summed E-state index contributed by atoms with van der Waals surface area (Å²) in [5.41, 5.74) is 0.839. The van der Waals surface area contributed by atoms with Crippen LogP contribution in [0.4, 0.5) is 0 Å². The minimum Gasteiger partial charge on any atom is -0.379 e. The van der Waals surface area contributed by atoms with E-state index in [1.54, 1.807) is 0 Å². The average molecular weight is 1160 g/mol. The number of allylic oxidation sites excluding steroid dienone is 1. The molecule has 0 saturated carbocycles. The second kappa shape index (κ2) is 76.7. The van der Waals surface area contributed by atoms with Crippen molar-refractivity contribution in [2.75, 3.05) is 165 Å². The molecule has 0 aromatic heterocycles. The molecule has 0 spiro atoms. The molecule has 0 fully saturated rings. The van der Waals surface area contributed by atoms with Crippen LogP contribution in [0.25, 0.3) is 0 Å². The van der Waals surface area contributed by atoms with Crippen LogP contribution >= 0.6 is 0 Å². The zero-order valence-electron chi connectivity index (χ0n) is 47.2. The molecule has 75 heavy (non-hydrogen) atoms. The second-order valence-electron chi connectivity index (χ2n) is 14.6. The van der Waals surface area contributed by atoms with Crippen LogP contribution in [0, 0.1) is 20.3 Å². The smallest absolute Gasteiger partial charge is 0.379 e. The predicted octanol–water partition coefficient (Wildman–Crippen LogP) is 1.14. The quantitative estimate of drug-likeness (QED) is 0.0166. The molecule has 0 aliphatic carbocycles. The third kappa shape index (κ3) is 76.8. The average Bonchev–Trinajstić information content (AvgIpc) is 3.40. The van der Waals surface area contributed by atoms with Crippen LogP contribution in [0.5, 0.6) is 0 Å². The van der Waals surface area contributed by atoms with Gasteiger partial charge in [-0.15, -0.1) is 19.6 Å². The molecule has 4 N–H and O–H groups in total. The molecule has 0 radical (unpaired) electrons. The molecule has 1 unspecified atom stereocenters. The largest absolute Gasteiger partial charge is 1.00 e. The van der Waals surface area contributed by atoms with E-state index in [4.69, 9.17) is 57.9 Å². The van der Waals surface area contributed by atoms with E-state index in [2.05, 4.69) is 74.9 Å². The molecule has 25 nitrogen and oxygen atoms in total. The van der Waals surface area contributed by atoms with Crippen LogP contribution in [0.3, 0.4) is 0 Å². The van der Waals surface area contributed by atoms with Crippen LogP contribution in [-0.4, -0.2) is 194 Å². The Morgan fingerprint density at radius 2 is 0.853 bits per heavy atom. The van der Waals surface area contributed by atoms with Gasteiger partial charge in [-0.25, -0.2) is 39.1 Å². The van der Waals surface area contributed by atoms with Gasteiger partial charge in [0.1, 0.15) is 32.7 Å². The molecule has 442 valence electrons. The molecule has 0 aromatic rings. The first-order valence-electron chi connectivity index (χ1n) is 25.1. The number of carbonyl (C=O) groups excluding carboxylic acids is 4. The molecule has 1 atom stereocenters. The van der Waals surface area contributed by atoms with Crippen molar-refractivity contribution in [3.05, 3.63) is 39.8 Å². The molecule has 3 amide bonds. The standard InChI is InChI=1S/C19H36N2O7.C14H31NO8.C13H25N2O5.C2H4.CH3.Rb/c1-5-11-24-13-14-25-15-16-27-28-26-12-8-20-19(23)6-9-21(4)18(3)17(2)7-10-22;1-3-7-16-11-12-17-13-14-21-23-20-10-6-15-5-9-19-22-18-8-4-2;1-3-8-18-10-11-20-19-9-7-15-13(17)5-6-14-12(16)4-2;1-2;;/h10,17H,3,5-9,11-16H2,1-2,4H3,(H,20,23);15H,3-14H2,1-2H3;2-11H2,1H3,(H,14,16)(H,15,17);1-2H2;1H3;/q;;-1;;-1;+1. The molecular weight excluding hydrogens is 1060 g/mol. The van der Waals surface area contributed by atoms with Crippen LogP contribution in [0.1, 0.15) is 86.0 Å². The van der Waals surface area contributed by atoms with Gasteiger partial charge in [-0.05, 0) is 25.7 Å². The number of hydrogen-bond donors (Lipinski definition) is 4. The molecule has 0 aliphatic rings. The fourth-order valence-electron chi connectivity index (χ4n) is 4.43. The first kappa shape index (κ1) is 84.8. The van der Waals surface area contributed by atoms with Crippen LogP contribution < -0.4 is 79.5 Å². The molecular formula is C49H99N5O20Rb-. The van der Waals surface area contributed by atoms with Gasteiger partial charge in [0.15, 0.2) is 5.91 Å². The van der Waals surface area contributed by atoms with Gasteiger partial charge in [0.05, 0.1) is 72.7 Å². The summed E-state index contributed by atoms with van der Waals surface area (Å²) in [5.74, 6) is -0.356. The van der Waals surface area contributed by atoms with Crippen LogP contribution in [0.15, 0.2) is 25.4 Å². The van der Waals surface area contributed by atoms with Crippen molar-refractivity contribution in [2.45, 2.75) is 86.0 Å². The van der Waals surface area contributed by atoms with E-state index in [1.807, 2.05) is 39.6 Å². The maximum Gasteiger partial charge on any atom is 1.00 e. The van der Waals surface area contributed by atoms with Crippen molar-refractivity contribution in [1.82, 2.24) is 26.2 Å². The van der Waals surface area contributed by atoms with Crippen molar-refractivity contribution < 1.29 is 155 Å². The number of hydrogen-bond acceptors (Lipinski definition) is 22. The van der Waals surface area contributed by atoms with E-state index in [1.165, 1.54) is 0 Å². The van der Waals surface area contributed by atoms with E-state index < -0.39 is 0 Å². The Morgan fingerprint density at radius 1 is 0.507 bits per heavy atom. The topological polar surface area (TPSA) is 267 Å². The van der Waals surface area contributed by atoms with Crippen molar-refractivity contribution >= 4 is 24.0 Å². The summed E-state index contributed by atoms with van der Waals surface area (Å²) in [6.45, 7) is 34.4. The molecule has 0 aliphatic heterocycles. The van der Waals surface area contributed by atoms with E-state index >= 15 is 0 Å². The summed E-state index contributed by atoms with van der Waals surface area (Å²) in [6, 6.07) is 0. The summed E-state index contributed by atoms with van der Waals surface area (Å²) in [5, 5.41) is 24.5. The molecule has 26 heteroatoms. The first-order chi connectivity index (χ1) is 35.6. The first-order valence-corrected chi connectivity index (χ1v) is 25.1. The number of carbonyl (C=O) groups is 4. The molecule has 0 rings (SSSR count). The van der Waals surface area contributed by atoms with Crippen molar-refractivity contribution in [2.24, 2.45) is 5.92 Å². The predicted molar refractivity (Wildman–Crippen MR) is 277 cm³/mol. The fraction of sp³-hybridized carbons (Fsp3) is 0.796. The van der Waals surface area contributed by atoms with E-state index in [0.29, 0.717) is 138 Å². The molecule has 0 bridgehead atoms. The van der Waals surface area contributed by atoms with Gasteiger partial charge in [-0.1, -0.05) is 56.3 Å². The Labute approximate surface area is 498 Å². The van der Waals surface area contributed by atoms with Crippen molar-refractivity contribution in [3.8, 4) is 0 Å². The number of ether oxygens (including phenoxy) is 5. The van der Waals surface area contributed by atoms with E-state index in [-0.39, 0.29) is 122 Å². The Hall–Kier alpha value is -1.51. The van der Waals surface area contributed by atoms with Gasteiger partial charge >= 0.3 is 58.2 Å². The van der Waals surface area contributed by atoms with Gasteiger partial charge in [0.25, 0.3) is 0 Å². The maximum atomic E-state index is 11.8. The third-order valence-electron chi connectivity index (χ3n) is 8.21. The van der Waals surface area contributed by atoms with Crippen molar-refractivity contribution in [1.29, 1.82) is 0 Å². The maximum absolute atomic E-state index is 11.8. The summed E-state index contributed by atoms with van der Waals surface area (Å²) >= 11 is 0. The Balaban J connectivity index is -0.000000234. The van der Waals surface area contributed by atoms with Crippen LogP contribution in [-0.2, 0) is 97.1 Å². The second-order valence-corrected chi connectivity index (χ2v) is 14.6. The minimum absolute atomic E-state index is 0. The fourth-order valence-corrected chi connectivity index (χ4v) is 4.43. The zero-order chi connectivity index (χ0) is 54.9.